The average Bonchev–Trinajstić information content (AvgIpc) is 3.22. The summed E-state index contributed by atoms with van der Waals surface area (Å²) in [5.41, 5.74) is 4.36. The van der Waals surface area contributed by atoms with Crippen LogP contribution >= 0.6 is 0 Å². The van der Waals surface area contributed by atoms with Crippen molar-refractivity contribution >= 4 is 17.8 Å². The van der Waals surface area contributed by atoms with Gasteiger partial charge >= 0.3 is 5.69 Å². The number of hydrogen-bond acceptors (Lipinski definition) is 7. The lowest BCUT2D eigenvalue weighted by atomic mass is 9.97. The number of furan rings is 1. The van der Waals surface area contributed by atoms with Crippen molar-refractivity contribution in [3.05, 3.63) is 93.0 Å². The normalized spacial score (nSPS) is 10.9. The highest BCUT2D eigenvalue weighted by Gasteiger charge is 2.23. The van der Waals surface area contributed by atoms with Crippen LogP contribution in [0.15, 0.2) is 70.1 Å². The molecule has 8 nitrogen and oxygen atoms in total. The Bertz CT molecular complexity index is 1480. The van der Waals surface area contributed by atoms with Gasteiger partial charge < -0.3 is 14.3 Å². The number of aliphatic imine (C=N–C) groups is 1. The van der Waals surface area contributed by atoms with Crippen LogP contribution in [-0.2, 0) is 0 Å². The molecule has 8 heteroatoms. The van der Waals surface area contributed by atoms with Crippen LogP contribution in [0.4, 0.5) is 11.6 Å². The first-order valence-electron chi connectivity index (χ1n) is 10.6. The van der Waals surface area contributed by atoms with Gasteiger partial charge in [0.1, 0.15) is 17.4 Å². The summed E-state index contributed by atoms with van der Waals surface area (Å²) in [7, 11) is 1.29. The second kappa shape index (κ2) is 9.53. The average molecular weight is 467 g/mol. The van der Waals surface area contributed by atoms with Gasteiger partial charge in [-0.15, -0.1) is 0 Å². The minimum atomic E-state index is -0.714. The van der Waals surface area contributed by atoms with Crippen LogP contribution in [0.3, 0.4) is 0 Å². The van der Waals surface area contributed by atoms with Gasteiger partial charge in [0.05, 0.1) is 12.0 Å². The molecule has 0 amide bonds. The maximum absolute atomic E-state index is 11.3. The molecule has 0 spiro atoms. The van der Waals surface area contributed by atoms with Crippen LogP contribution in [0.1, 0.15) is 22.3 Å². The van der Waals surface area contributed by atoms with E-state index in [4.69, 9.17) is 9.15 Å². The molecule has 0 aliphatic heterocycles. The summed E-state index contributed by atoms with van der Waals surface area (Å²) in [6.45, 7) is 3.96. The lowest BCUT2D eigenvalue weighted by Gasteiger charge is -2.05. The van der Waals surface area contributed by atoms with Crippen LogP contribution in [0.25, 0.3) is 22.5 Å². The van der Waals surface area contributed by atoms with Crippen molar-refractivity contribution in [1.82, 2.24) is 0 Å². The van der Waals surface area contributed by atoms with Crippen molar-refractivity contribution in [3.8, 4) is 40.0 Å². The zero-order chi connectivity index (χ0) is 25.1. The number of methoxy groups -OCH3 is 1. The number of ether oxygens (including phenoxy) is 1. The van der Waals surface area contributed by atoms with E-state index in [1.807, 2.05) is 62.4 Å². The van der Waals surface area contributed by atoms with E-state index >= 15 is 0 Å². The minimum absolute atomic E-state index is 0.0633. The Kier molecular flexibility index (Phi) is 6.34. The highest BCUT2D eigenvalue weighted by Crippen LogP contribution is 2.43. The molecule has 0 saturated carbocycles. The highest BCUT2D eigenvalue weighted by molar-refractivity contribution is 5.90. The molecule has 0 radical (unpaired) electrons. The van der Waals surface area contributed by atoms with Crippen molar-refractivity contribution < 1.29 is 19.2 Å². The van der Waals surface area contributed by atoms with Gasteiger partial charge in [-0.2, -0.15) is 5.26 Å². The van der Waals surface area contributed by atoms with E-state index in [1.165, 1.54) is 19.4 Å². The van der Waals surface area contributed by atoms with Gasteiger partial charge in [-0.05, 0) is 25.5 Å². The Balaban J connectivity index is 1.88. The van der Waals surface area contributed by atoms with Gasteiger partial charge in [0.25, 0.3) is 0 Å². The van der Waals surface area contributed by atoms with E-state index in [9.17, 15) is 20.5 Å². The fourth-order valence-corrected chi connectivity index (χ4v) is 3.63. The summed E-state index contributed by atoms with van der Waals surface area (Å²) in [6.07, 6.45) is 1.33. The number of hydrogen-bond donors (Lipinski definition) is 1. The topological polar surface area (TPSA) is 122 Å². The molecular weight excluding hydrogens is 446 g/mol. The largest absolute Gasteiger partial charge is 0.500 e. The van der Waals surface area contributed by atoms with Crippen molar-refractivity contribution in [2.75, 3.05) is 7.11 Å². The smallest absolute Gasteiger partial charge is 0.315 e. The van der Waals surface area contributed by atoms with E-state index in [0.29, 0.717) is 16.9 Å². The molecule has 0 fully saturated rings. The number of nitro benzene ring substituents is 1. The van der Waals surface area contributed by atoms with E-state index in [2.05, 4.69) is 11.1 Å². The van der Waals surface area contributed by atoms with Crippen LogP contribution in [-0.4, -0.2) is 23.4 Å². The molecule has 4 aromatic rings. The summed E-state index contributed by atoms with van der Waals surface area (Å²) in [5.74, 6) is -0.0878. The third kappa shape index (κ3) is 4.61. The van der Waals surface area contributed by atoms with E-state index < -0.39 is 16.4 Å². The van der Waals surface area contributed by atoms with Crippen molar-refractivity contribution in [2.24, 2.45) is 4.99 Å². The first-order chi connectivity index (χ1) is 16.8. The molecule has 1 heterocycles. The summed E-state index contributed by atoms with van der Waals surface area (Å²) in [4.78, 5) is 14.9. The van der Waals surface area contributed by atoms with E-state index in [1.54, 1.807) is 0 Å². The number of phenolic OH excluding ortho intramolecular Hbond substituents is 1. The Morgan fingerprint density at radius 2 is 1.66 bits per heavy atom. The number of nitrogens with zero attached hydrogens (tertiary/aromatic N) is 3. The Hall–Kier alpha value is -4.90. The lowest BCUT2D eigenvalue weighted by molar-refractivity contribution is -0.386. The monoisotopic (exact) mass is 467 g/mol. The Morgan fingerprint density at radius 1 is 1.06 bits per heavy atom. The molecule has 1 aromatic heterocycles. The fraction of sp³-hybridized carbons (Fsp3) is 0.111. The van der Waals surface area contributed by atoms with Gasteiger partial charge in [0.2, 0.25) is 11.6 Å². The lowest BCUT2D eigenvalue weighted by Crippen LogP contribution is -1.94. The highest BCUT2D eigenvalue weighted by atomic mass is 16.6. The van der Waals surface area contributed by atoms with Crippen LogP contribution in [0, 0.1) is 35.3 Å². The molecule has 0 aliphatic rings. The van der Waals surface area contributed by atoms with E-state index in [-0.39, 0.29) is 17.2 Å². The van der Waals surface area contributed by atoms with Gasteiger partial charge in [-0.25, -0.2) is 4.99 Å². The molecule has 4 rings (SSSR count). The number of nitriles is 1. The molecule has 0 atom stereocenters. The summed E-state index contributed by atoms with van der Waals surface area (Å²) < 4.78 is 11.1. The molecule has 1 N–H and O–H groups in total. The van der Waals surface area contributed by atoms with Crippen molar-refractivity contribution in [3.63, 3.8) is 0 Å². The van der Waals surface area contributed by atoms with Crippen LogP contribution < -0.4 is 4.74 Å². The predicted octanol–water partition coefficient (Wildman–Crippen LogP) is 6.48. The molecule has 0 bridgehead atoms. The van der Waals surface area contributed by atoms with Crippen LogP contribution in [0.2, 0.25) is 0 Å². The molecule has 174 valence electrons. The maximum Gasteiger partial charge on any atom is 0.315 e. The number of benzene rings is 3. The maximum atomic E-state index is 11.3. The van der Waals surface area contributed by atoms with E-state index in [0.717, 1.165) is 28.3 Å². The Labute approximate surface area is 201 Å². The third-order valence-electron chi connectivity index (χ3n) is 5.48. The molecule has 0 saturated heterocycles. The van der Waals surface area contributed by atoms with Crippen molar-refractivity contribution in [1.29, 1.82) is 5.26 Å². The number of rotatable bonds is 6. The van der Waals surface area contributed by atoms with Gasteiger partial charge in [-0.1, -0.05) is 59.7 Å². The zero-order valence-corrected chi connectivity index (χ0v) is 19.3. The first kappa shape index (κ1) is 23.3. The fourth-order valence-electron chi connectivity index (χ4n) is 3.63. The molecule has 0 aliphatic carbocycles. The van der Waals surface area contributed by atoms with Gasteiger partial charge in [0, 0.05) is 29.0 Å². The zero-order valence-electron chi connectivity index (χ0n) is 19.3. The van der Waals surface area contributed by atoms with Crippen LogP contribution in [0.5, 0.6) is 11.5 Å². The number of aryl methyl sites for hydroxylation is 2. The van der Waals surface area contributed by atoms with Gasteiger partial charge in [0.15, 0.2) is 5.75 Å². The second-order valence-electron chi connectivity index (χ2n) is 7.94. The standard InChI is InChI=1S/C27H21N3O5/c1-16-4-8-19(9-5-16)24-21(14-28)27(35-26(24)20-10-6-17(2)7-11-20)29-15-18-12-22(30(32)33)25(31)23(13-18)34-3/h4-13,15,31H,1-3H3. The van der Waals surface area contributed by atoms with Crippen molar-refractivity contribution in [2.45, 2.75) is 13.8 Å². The predicted molar refractivity (Wildman–Crippen MR) is 132 cm³/mol. The summed E-state index contributed by atoms with van der Waals surface area (Å²) in [6, 6.07) is 20.2. The Morgan fingerprint density at radius 3 is 2.20 bits per heavy atom. The molecule has 35 heavy (non-hydrogen) atoms. The molecule has 3 aromatic carbocycles. The quantitative estimate of drug-likeness (QED) is 0.197. The first-order valence-corrected chi connectivity index (χ1v) is 10.6. The number of phenols is 1. The molecular formula is C27H21N3O5. The summed E-state index contributed by atoms with van der Waals surface area (Å²) in [5, 5.41) is 31.3. The minimum Gasteiger partial charge on any atom is -0.500 e. The second-order valence-corrected chi connectivity index (χ2v) is 7.94. The SMILES string of the molecule is COc1cc(C=Nc2oc(-c3ccc(C)cc3)c(-c3ccc(C)cc3)c2C#N)cc([N+](=O)[O-])c1O. The number of nitro groups is 1. The number of aromatic hydroxyl groups is 1. The summed E-state index contributed by atoms with van der Waals surface area (Å²) >= 11 is 0. The third-order valence-corrected chi connectivity index (χ3v) is 5.48. The van der Waals surface area contributed by atoms with Gasteiger partial charge in [-0.3, -0.25) is 10.1 Å². The molecule has 0 unspecified atom stereocenters.